The van der Waals surface area contributed by atoms with Gasteiger partial charge in [-0.2, -0.15) is 0 Å². The van der Waals surface area contributed by atoms with Crippen LogP contribution in [0.5, 0.6) is 0 Å². The molecule has 0 amide bonds. The smallest absolute Gasteiger partial charge is 0.338 e. The third-order valence-corrected chi connectivity index (χ3v) is 4.82. The number of esters is 2. The summed E-state index contributed by atoms with van der Waals surface area (Å²) in [4.78, 5) is 24.0. The maximum absolute atomic E-state index is 12.1. The van der Waals surface area contributed by atoms with Gasteiger partial charge in [0.05, 0.1) is 16.6 Å². The van der Waals surface area contributed by atoms with E-state index in [9.17, 15) is 9.59 Å². The summed E-state index contributed by atoms with van der Waals surface area (Å²) in [6.45, 7) is 11.4. The Morgan fingerprint density at radius 1 is 1.00 bits per heavy atom. The minimum atomic E-state index is -0.722. The van der Waals surface area contributed by atoms with Crippen LogP contribution in [0, 0.1) is 26.2 Å². The van der Waals surface area contributed by atoms with Crippen molar-refractivity contribution in [2.75, 3.05) is 0 Å². The molecule has 2 aromatic carbocycles. The molecule has 0 saturated carbocycles. The van der Waals surface area contributed by atoms with Crippen molar-refractivity contribution in [2.24, 2.45) is 5.41 Å². The van der Waals surface area contributed by atoms with Crippen LogP contribution in [0.3, 0.4) is 0 Å². The second-order valence-corrected chi connectivity index (χ2v) is 8.51. The first-order valence-electron chi connectivity index (χ1n) is 9.70. The van der Waals surface area contributed by atoms with Gasteiger partial charge in [0.2, 0.25) is 0 Å². The Kier molecular flexibility index (Phi) is 5.47. The molecule has 0 fully saturated rings. The number of aryl methyl sites for hydroxylation is 3. The topological polar surface area (TPSA) is 48.3 Å². The Labute approximate surface area is 171 Å². The molecule has 0 radical (unpaired) electrons. The SMILES string of the molecule is Cc1cc(C)c(-n2cc(C=CC(=O)OC(=O)C(C)(C)C)c3ccccc32)c(C)c1. The molecule has 4 nitrogen and oxygen atoms in total. The molecule has 3 rings (SSSR count). The molecule has 1 aromatic heterocycles. The van der Waals surface area contributed by atoms with Crippen molar-refractivity contribution < 1.29 is 14.3 Å². The van der Waals surface area contributed by atoms with Gasteiger partial charge in [0.15, 0.2) is 0 Å². The Morgan fingerprint density at radius 2 is 1.62 bits per heavy atom. The average molecular weight is 389 g/mol. The monoisotopic (exact) mass is 389 g/mol. The van der Waals surface area contributed by atoms with Crippen molar-refractivity contribution >= 4 is 28.9 Å². The van der Waals surface area contributed by atoms with Gasteiger partial charge in [0.25, 0.3) is 0 Å². The van der Waals surface area contributed by atoms with Crippen molar-refractivity contribution in [1.29, 1.82) is 0 Å². The van der Waals surface area contributed by atoms with Gasteiger partial charge < -0.3 is 9.30 Å². The third kappa shape index (κ3) is 4.32. The molecule has 0 bridgehead atoms. The molecule has 0 aliphatic heterocycles. The molecule has 29 heavy (non-hydrogen) atoms. The number of fused-ring (bicyclic) bond motifs is 1. The number of benzene rings is 2. The summed E-state index contributed by atoms with van der Waals surface area (Å²) in [5.41, 5.74) is 5.97. The number of carbonyl (C=O) groups is 2. The van der Waals surface area contributed by atoms with Gasteiger partial charge in [-0.3, -0.25) is 4.79 Å². The van der Waals surface area contributed by atoms with Gasteiger partial charge in [0.1, 0.15) is 0 Å². The van der Waals surface area contributed by atoms with E-state index in [1.54, 1.807) is 26.8 Å². The highest BCUT2D eigenvalue weighted by Gasteiger charge is 2.25. The highest BCUT2D eigenvalue weighted by molar-refractivity contribution is 5.99. The summed E-state index contributed by atoms with van der Waals surface area (Å²) in [7, 11) is 0. The van der Waals surface area contributed by atoms with Gasteiger partial charge in [-0.15, -0.1) is 0 Å². The van der Waals surface area contributed by atoms with E-state index >= 15 is 0 Å². The van der Waals surface area contributed by atoms with Crippen LogP contribution in [0.2, 0.25) is 0 Å². The molecule has 1 heterocycles. The molecule has 0 aliphatic carbocycles. The second kappa shape index (κ2) is 7.70. The van der Waals surface area contributed by atoms with E-state index in [0.717, 1.165) is 22.2 Å². The quantitative estimate of drug-likeness (QED) is 0.329. The molecule has 0 N–H and O–H groups in total. The Hall–Kier alpha value is -3.14. The van der Waals surface area contributed by atoms with Gasteiger partial charge >= 0.3 is 11.9 Å². The lowest BCUT2D eigenvalue weighted by atomic mass is 9.97. The molecule has 150 valence electrons. The number of hydrogen-bond acceptors (Lipinski definition) is 3. The number of nitrogens with zero attached hydrogens (tertiary/aromatic N) is 1. The molecule has 0 saturated heterocycles. The third-order valence-electron chi connectivity index (χ3n) is 4.82. The number of para-hydroxylation sites is 1. The first kappa shape index (κ1) is 20.6. The molecule has 0 spiro atoms. The van der Waals surface area contributed by atoms with E-state index < -0.39 is 17.4 Å². The lowest BCUT2D eigenvalue weighted by Gasteiger charge is -2.14. The van der Waals surface area contributed by atoms with E-state index in [2.05, 4.69) is 43.5 Å². The largest absolute Gasteiger partial charge is 0.389 e. The maximum atomic E-state index is 12.1. The van der Waals surface area contributed by atoms with Crippen LogP contribution in [-0.4, -0.2) is 16.5 Å². The van der Waals surface area contributed by atoms with Crippen molar-refractivity contribution in [2.45, 2.75) is 41.5 Å². The maximum Gasteiger partial charge on any atom is 0.338 e. The number of ether oxygens (including phenoxy) is 1. The fourth-order valence-electron chi connectivity index (χ4n) is 3.51. The Morgan fingerprint density at radius 3 is 2.24 bits per heavy atom. The minimum Gasteiger partial charge on any atom is -0.389 e. The van der Waals surface area contributed by atoms with E-state index in [4.69, 9.17) is 4.74 Å². The van der Waals surface area contributed by atoms with Gasteiger partial charge in [-0.1, -0.05) is 35.9 Å². The summed E-state index contributed by atoms with van der Waals surface area (Å²) in [5, 5.41) is 1.03. The first-order valence-corrected chi connectivity index (χ1v) is 9.70. The van der Waals surface area contributed by atoms with Gasteiger partial charge in [-0.05, 0) is 64.8 Å². The number of carbonyl (C=O) groups excluding carboxylic acids is 2. The highest BCUT2D eigenvalue weighted by Crippen LogP contribution is 2.30. The van der Waals surface area contributed by atoms with Crippen molar-refractivity contribution in [1.82, 2.24) is 4.57 Å². The van der Waals surface area contributed by atoms with Crippen LogP contribution in [0.15, 0.2) is 48.7 Å². The summed E-state index contributed by atoms with van der Waals surface area (Å²) >= 11 is 0. The van der Waals surface area contributed by atoms with Crippen LogP contribution in [0.25, 0.3) is 22.7 Å². The average Bonchev–Trinajstić information content (AvgIpc) is 2.97. The van der Waals surface area contributed by atoms with Crippen molar-refractivity contribution in [3.63, 3.8) is 0 Å². The molecule has 0 aliphatic rings. The standard InChI is InChI=1S/C25H27NO3/c1-16-13-17(2)23(18(3)14-16)26-15-19(20-9-7-8-10-21(20)26)11-12-22(27)29-24(28)25(4,5)6/h7-15H,1-6H3. The number of hydrogen-bond donors (Lipinski definition) is 0. The van der Waals surface area contributed by atoms with Crippen molar-refractivity contribution in [3.05, 3.63) is 70.9 Å². The predicted octanol–water partition coefficient (Wildman–Crippen LogP) is 5.68. The van der Waals surface area contributed by atoms with E-state index in [1.165, 1.54) is 22.8 Å². The van der Waals surface area contributed by atoms with E-state index in [-0.39, 0.29) is 0 Å². The zero-order valence-electron chi connectivity index (χ0n) is 17.9. The molecule has 4 heteroatoms. The second-order valence-electron chi connectivity index (χ2n) is 8.51. The van der Waals surface area contributed by atoms with Crippen LogP contribution in [0.4, 0.5) is 0 Å². The molecule has 0 unspecified atom stereocenters. The molecular weight excluding hydrogens is 362 g/mol. The lowest BCUT2D eigenvalue weighted by Crippen LogP contribution is -2.25. The van der Waals surface area contributed by atoms with Crippen LogP contribution < -0.4 is 0 Å². The predicted molar refractivity (Wildman–Crippen MR) is 117 cm³/mol. The zero-order valence-corrected chi connectivity index (χ0v) is 17.9. The van der Waals surface area contributed by atoms with Crippen LogP contribution >= 0.6 is 0 Å². The summed E-state index contributed by atoms with van der Waals surface area (Å²) < 4.78 is 7.08. The zero-order chi connectivity index (χ0) is 21.3. The van der Waals surface area contributed by atoms with Gasteiger partial charge in [0, 0.05) is 23.2 Å². The van der Waals surface area contributed by atoms with Crippen LogP contribution in [-0.2, 0) is 14.3 Å². The lowest BCUT2D eigenvalue weighted by molar-refractivity contribution is -0.162. The first-order chi connectivity index (χ1) is 13.6. The number of rotatable bonds is 3. The summed E-state index contributed by atoms with van der Waals surface area (Å²) in [6, 6.07) is 12.4. The summed E-state index contributed by atoms with van der Waals surface area (Å²) in [5.74, 6) is -1.20. The fourth-order valence-corrected chi connectivity index (χ4v) is 3.51. The highest BCUT2D eigenvalue weighted by atomic mass is 16.6. The number of aromatic nitrogens is 1. The van der Waals surface area contributed by atoms with Crippen LogP contribution in [0.1, 0.15) is 43.0 Å². The van der Waals surface area contributed by atoms with E-state index in [1.807, 2.05) is 24.4 Å². The fraction of sp³-hybridized carbons (Fsp3) is 0.280. The Balaban J connectivity index is 2.02. The summed E-state index contributed by atoms with van der Waals surface area (Å²) in [6.07, 6.45) is 5.03. The Bertz CT molecular complexity index is 1100. The molecular formula is C25H27NO3. The van der Waals surface area contributed by atoms with Crippen molar-refractivity contribution in [3.8, 4) is 5.69 Å². The van der Waals surface area contributed by atoms with Gasteiger partial charge in [-0.25, -0.2) is 4.79 Å². The molecule has 0 atom stereocenters. The minimum absolute atomic E-state index is 0.541. The molecule has 3 aromatic rings. The normalized spacial score (nSPS) is 11.9. The van der Waals surface area contributed by atoms with E-state index in [0.29, 0.717) is 0 Å².